The molecule has 6 heteroatoms. The van der Waals surface area contributed by atoms with Crippen molar-refractivity contribution in [2.45, 2.75) is 6.54 Å². The van der Waals surface area contributed by atoms with E-state index in [1.165, 1.54) is 17.1 Å². The first-order valence-corrected chi connectivity index (χ1v) is 12.1. The summed E-state index contributed by atoms with van der Waals surface area (Å²) in [4.78, 5) is 10.5. The first kappa shape index (κ1) is 21.3. The number of hydrogen-bond acceptors (Lipinski definition) is 5. The highest BCUT2D eigenvalue weighted by Gasteiger charge is 2.19. The van der Waals surface area contributed by atoms with E-state index in [1.807, 2.05) is 60.3 Å². The Balaban J connectivity index is 1.55. The average Bonchev–Trinajstić information content (AvgIpc) is 3.19. The molecule has 1 fully saturated rings. The predicted molar refractivity (Wildman–Crippen MR) is 135 cm³/mol. The van der Waals surface area contributed by atoms with Crippen LogP contribution in [0.2, 0.25) is 0 Å². The number of fused-ring (bicyclic) bond motifs is 1. The van der Waals surface area contributed by atoms with Crippen LogP contribution in [0.1, 0.15) is 22.3 Å². The lowest BCUT2D eigenvalue weighted by molar-refractivity contribution is 0.294. The Labute approximate surface area is 197 Å². The molecular weight excluding hydrogens is 428 g/mol. The van der Waals surface area contributed by atoms with E-state index < -0.39 is 0 Å². The van der Waals surface area contributed by atoms with Gasteiger partial charge in [0.15, 0.2) is 5.88 Å². The number of nitrogens with one attached hydrogen (secondary N) is 1. The molecule has 0 spiro atoms. The first-order valence-electron chi connectivity index (χ1n) is 11.0. The summed E-state index contributed by atoms with van der Waals surface area (Å²) in [6.07, 6.45) is 0. The molecule has 0 aliphatic carbocycles. The molecule has 33 heavy (non-hydrogen) atoms. The van der Waals surface area contributed by atoms with Gasteiger partial charge in [-0.25, -0.2) is 4.99 Å². The fourth-order valence-corrected chi connectivity index (χ4v) is 5.15. The number of benzene rings is 3. The normalized spacial score (nSPS) is 14.9. The third-order valence-corrected chi connectivity index (χ3v) is 6.82. The van der Waals surface area contributed by atoms with Crippen molar-refractivity contribution in [3.63, 3.8) is 0 Å². The monoisotopic (exact) mass is 452 g/mol. The van der Waals surface area contributed by atoms with Gasteiger partial charge in [-0.2, -0.15) is 17.0 Å². The molecule has 2 N–H and O–H groups in total. The van der Waals surface area contributed by atoms with Crippen LogP contribution in [-0.2, 0) is 6.54 Å². The van der Waals surface area contributed by atoms with Crippen molar-refractivity contribution in [3.05, 3.63) is 95.1 Å². The highest BCUT2D eigenvalue weighted by Crippen LogP contribution is 2.32. The molecule has 1 aromatic heterocycles. The van der Waals surface area contributed by atoms with Crippen LogP contribution in [0, 0.1) is 11.3 Å². The van der Waals surface area contributed by atoms with Crippen LogP contribution in [0.25, 0.3) is 10.9 Å². The summed E-state index contributed by atoms with van der Waals surface area (Å²) < 4.78 is 0. The lowest BCUT2D eigenvalue weighted by atomic mass is 10.00. The van der Waals surface area contributed by atoms with Crippen LogP contribution in [0.5, 0.6) is 5.88 Å². The van der Waals surface area contributed by atoms with Gasteiger partial charge in [-0.3, -0.25) is 4.90 Å². The summed E-state index contributed by atoms with van der Waals surface area (Å²) >= 11 is 2.02. The fourth-order valence-electron chi connectivity index (χ4n) is 4.17. The van der Waals surface area contributed by atoms with E-state index in [2.05, 4.69) is 28.1 Å². The van der Waals surface area contributed by atoms with Crippen molar-refractivity contribution in [1.82, 2.24) is 9.88 Å². The fraction of sp³-hybridized carbons (Fsp3) is 0.185. The van der Waals surface area contributed by atoms with E-state index in [0.717, 1.165) is 41.8 Å². The van der Waals surface area contributed by atoms with Crippen molar-refractivity contribution < 1.29 is 5.11 Å². The molecule has 164 valence electrons. The number of hydrogen-bond donors (Lipinski definition) is 2. The summed E-state index contributed by atoms with van der Waals surface area (Å²) in [5.74, 6) is 2.44. The van der Waals surface area contributed by atoms with Crippen molar-refractivity contribution in [2.75, 3.05) is 24.6 Å². The van der Waals surface area contributed by atoms with E-state index in [4.69, 9.17) is 4.99 Å². The van der Waals surface area contributed by atoms with Gasteiger partial charge in [-0.15, -0.1) is 0 Å². The van der Waals surface area contributed by atoms with Gasteiger partial charge in [-0.05, 0) is 35.9 Å². The number of aromatic hydroxyl groups is 1. The largest absolute Gasteiger partial charge is 0.494 e. The number of thioether (sulfide) groups is 1. The number of rotatable bonds is 5. The lowest BCUT2D eigenvalue weighted by Gasteiger charge is -2.26. The maximum absolute atomic E-state index is 10.8. The Kier molecular flexibility index (Phi) is 6.16. The van der Waals surface area contributed by atoms with Gasteiger partial charge in [0.1, 0.15) is 0 Å². The van der Waals surface area contributed by atoms with Crippen LogP contribution in [0.4, 0.5) is 5.69 Å². The molecule has 0 unspecified atom stereocenters. The van der Waals surface area contributed by atoms with Gasteiger partial charge in [0.2, 0.25) is 0 Å². The van der Waals surface area contributed by atoms with E-state index in [-0.39, 0.29) is 5.88 Å². The summed E-state index contributed by atoms with van der Waals surface area (Å²) in [5, 5.41) is 21.0. The molecule has 4 aromatic rings. The van der Waals surface area contributed by atoms with Crippen LogP contribution in [-0.4, -0.2) is 45.3 Å². The maximum Gasteiger partial charge on any atom is 0.199 e. The van der Waals surface area contributed by atoms with E-state index in [9.17, 15) is 10.4 Å². The van der Waals surface area contributed by atoms with Crippen LogP contribution in [0.15, 0.2) is 77.8 Å². The number of H-pyrrole nitrogens is 1. The zero-order valence-electron chi connectivity index (χ0n) is 18.2. The lowest BCUT2D eigenvalue weighted by Crippen LogP contribution is -2.31. The van der Waals surface area contributed by atoms with Crippen molar-refractivity contribution in [2.24, 2.45) is 4.99 Å². The zero-order chi connectivity index (χ0) is 22.6. The number of nitrogens with zero attached hydrogens (tertiary/aromatic N) is 3. The number of aliphatic imine (C=N–C) groups is 1. The number of aromatic nitrogens is 1. The van der Waals surface area contributed by atoms with E-state index in [0.29, 0.717) is 16.8 Å². The molecule has 0 radical (unpaired) electrons. The van der Waals surface area contributed by atoms with Gasteiger partial charge in [-0.1, -0.05) is 42.5 Å². The summed E-state index contributed by atoms with van der Waals surface area (Å²) in [5.41, 5.74) is 5.55. The minimum Gasteiger partial charge on any atom is -0.494 e. The van der Waals surface area contributed by atoms with Crippen molar-refractivity contribution in [3.8, 4) is 11.9 Å². The highest BCUT2D eigenvalue weighted by atomic mass is 32.2. The van der Waals surface area contributed by atoms with Crippen LogP contribution >= 0.6 is 11.8 Å². The third-order valence-electron chi connectivity index (χ3n) is 5.88. The molecule has 0 atom stereocenters. The van der Waals surface area contributed by atoms with Gasteiger partial charge in [0.05, 0.1) is 28.6 Å². The molecule has 1 saturated heterocycles. The topological polar surface area (TPSA) is 75.4 Å². The number of aromatic amines is 1. The maximum atomic E-state index is 10.8. The van der Waals surface area contributed by atoms with Crippen molar-refractivity contribution in [1.29, 1.82) is 5.26 Å². The SMILES string of the molecule is N#Cc1ccc2[nH]c(O)c(C(=Nc3ccc(CN4CCSCC4)cc3)c3ccccc3)c2c1. The Morgan fingerprint density at radius 3 is 2.52 bits per heavy atom. The Hall–Kier alpha value is -3.53. The van der Waals surface area contributed by atoms with E-state index >= 15 is 0 Å². The second kappa shape index (κ2) is 9.53. The van der Waals surface area contributed by atoms with Gasteiger partial charge in [0.25, 0.3) is 0 Å². The molecular formula is C27H24N4OS. The molecule has 5 rings (SSSR count). The predicted octanol–water partition coefficient (Wildman–Crippen LogP) is 5.46. The highest BCUT2D eigenvalue weighted by molar-refractivity contribution is 7.99. The Morgan fingerprint density at radius 2 is 1.79 bits per heavy atom. The quantitative estimate of drug-likeness (QED) is 0.394. The second-order valence-electron chi connectivity index (χ2n) is 8.10. The van der Waals surface area contributed by atoms with Gasteiger partial charge >= 0.3 is 0 Å². The smallest absolute Gasteiger partial charge is 0.199 e. The molecule has 3 aromatic carbocycles. The first-order chi connectivity index (χ1) is 16.2. The summed E-state index contributed by atoms with van der Waals surface area (Å²) in [6, 6.07) is 25.7. The molecule has 1 aliphatic rings. The summed E-state index contributed by atoms with van der Waals surface area (Å²) in [6.45, 7) is 3.22. The zero-order valence-corrected chi connectivity index (χ0v) is 19.0. The Bertz CT molecular complexity index is 1330. The van der Waals surface area contributed by atoms with Gasteiger partial charge < -0.3 is 10.1 Å². The molecule has 5 nitrogen and oxygen atoms in total. The minimum absolute atomic E-state index is 0.0438. The molecule has 2 heterocycles. The summed E-state index contributed by atoms with van der Waals surface area (Å²) in [7, 11) is 0. The standard InChI is InChI=1S/C27H24N4OS/c28-17-20-8-11-24-23(16-20)25(27(32)30-24)26(21-4-2-1-3-5-21)29-22-9-6-19(7-10-22)18-31-12-14-33-15-13-31/h1-11,16,30,32H,12-15,18H2. The third kappa shape index (κ3) is 4.65. The van der Waals surface area contributed by atoms with Crippen LogP contribution < -0.4 is 0 Å². The van der Waals surface area contributed by atoms with Crippen molar-refractivity contribution >= 4 is 34.1 Å². The average molecular weight is 453 g/mol. The second-order valence-corrected chi connectivity index (χ2v) is 9.33. The molecule has 0 amide bonds. The Morgan fingerprint density at radius 1 is 1.03 bits per heavy atom. The van der Waals surface area contributed by atoms with Gasteiger partial charge in [0, 0.05) is 47.6 Å². The molecule has 0 bridgehead atoms. The minimum atomic E-state index is 0.0438. The molecule has 0 saturated carbocycles. The van der Waals surface area contributed by atoms with E-state index in [1.54, 1.807) is 12.1 Å². The molecule has 1 aliphatic heterocycles. The number of nitriles is 1. The van der Waals surface area contributed by atoms with Crippen LogP contribution in [0.3, 0.4) is 0 Å².